The van der Waals surface area contributed by atoms with E-state index in [2.05, 4.69) is 4.72 Å². The van der Waals surface area contributed by atoms with E-state index in [-0.39, 0.29) is 27.8 Å². The summed E-state index contributed by atoms with van der Waals surface area (Å²) < 4.78 is 59.0. The topological polar surface area (TPSA) is 101 Å². The maximum atomic E-state index is 13.2. The van der Waals surface area contributed by atoms with Gasteiger partial charge in [-0.05, 0) is 55.7 Å². The van der Waals surface area contributed by atoms with E-state index in [9.17, 15) is 23.0 Å². The zero-order valence-electron chi connectivity index (χ0n) is 20.5. The maximum Gasteiger partial charge on any atom is 0.261 e. The fourth-order valence-electron chi connectivity index (χ4n) is 4.12. The fraction of sp³-hybridized carbons (Fsp3) is 0.462. The molecule has 0 aliphatic carbocycles. The Balaban J connectivity index is 1.45. The van der Waals surface area contributed by atoms with Gasteiger partial charge in [-0.15, -0.1) is 0 Å². The predicted molar refractivity (Wildman–Crippen MR) is 137 cm³/mol. The van der Waals surface area contributed by atoms with Crippen LogP contribution in [-0.4, -0.2) is 66.2 Å². The quantitative estimate of drug-likeness (QED) is 0.439. The van der Waals surface area contributed by atoms with Crippen LogP contribution >= 0.6 is 11.6 Å². The van der Waals surface area contributed by atoms with Gasteiger partial charge < -0.3 is 14.2 Å². The summed E-state index contributed by atoms with van der Waals surface area (Å²) in [6.45, 7) is 1.75. The SMILES string of the molecule is N#Cc1cc(S(=O)NC(=O)C2CCCCO2)cc(Cl)c1OC(CCN1CC(F)C1)COc1ccc(F)cc1. The van der Waals surface area contributed by atoms with Crippen molar-refractivity contribution in [3.63, 3.8) is 0 Å². The summed E-state index contributed by atoms with van der Waals surface area (Å²) in [5.41, 5.74) is 0.0311. The van der Waals surface area contributed by atoms with Crippen LogP contribution in [0.3, 0.4) is 0 Å². The first-order valence-electron chi connectivity index (χ1n) is 12.3. The van der Waals surface area contributed by atoms with Crippen molar-refractivity contribution in [1.82, 2.24) is 9.62 Å². The van der Waals surface area contributed by atoms with Crippen molar-refractivity contribution in [2.24, 2.45) is 0 Å². The molecule has 1 N–H and O–H groups in total. The number of nitriles is 1. The fourth-order valence-corrected chi connectivity index (χ4v) is 5.33. The molecular formula is C26H28ClF2N3O5S. The lowest BCUT2D eigenvalue weighted by atomic mass is 10.1. The molecule has 2 saturated heterocycles. The standard InChI is InChI=1S/C26H28ClF2N3O5S/c27-23-12-22(38(34)31-26(33)24-3-1-2-10-35-24)11-17(13-30)25(23)37-21(8-9-32-14-19(29)15-32)16-36-20-6-4-18(28)5-7-20/h4-7,11-12,19,21,24H,1-3,8-10,14-16H2,(H,31,33). The molecule has 4 rings (SSSR count). The van der Waals surface area contributed by atoms with Crippen LogP contribution in [0.5, 0.6) is 11.5 Å². The molecule has 12 heteroatoms. The zero-order valence-corrected chi connectivity index (χ0v) is 22.1. The second-order valence-electron chi connectivity index (χ2n) is 9.13. The third kappa shape index (κ3) is 7.63. The van der Waals surface area contributed by atoms with Crippen molar-refractivity contribution in [2.45, 2.75) is 49.0 Å². The number of halogens is 3. The van der Waals surface area contributed by atoms with Crippen molar-refractivity contribution >= 4 is 28.5 Å². The number of hydrogen-bond donors (Lipinski definition) is 1. The van der Waals surface area contributed by atoms with Gasteiger partial charge in [-0.2, -0.15) is 5.26 Å². The van der Waals surface area contributed by atoms with E-state index in [0.29, 0.717) is 44.8 Å². The Morgan fingerprint density at radius 3 is 2.71 bits per heavy atom. The van der Waals surface area contributed by atoms with Crippen LogP contribution in [-0.2, 0) is 20.5 Å². The number of alkyl halides is 1. The molecule has 2 aromatic rings. The number of carbonyl (C=O) groups excluding carboxylic acids is 1. The Kier molecular flexibility index (Phi) is 9.91. The van der Waals surface area contributed by atoms with Crippen LogP contribution < -0.4 is 14.2 Å². The molecule has 204 valence electrons. The average molecular weight is 568 g/mol. The first-order valence-corrected chi connectivity index (χ1v) is 13.8. The van der Waals surface area contributed by atoms with Crippen molar-refractivity contribution in [3.8, 4) is 17.6 Å². The van der Waals surface area contributed by atoms with E-state index in [1.54, 1.807) is 0 Å². The van der Waals surface area contributed by atoms with Crippen LogP contribution in [0.1, 0.15) is 31.2 Å². The highest BCUT2D eigenvalue weighted by molar-refractivity contribution is 7.83. The van der Waals surface area contributed by atoms with E-state index < -0.39 is 41.1 Å². The van der Waals surface area contributed by atoms with E-state index in [0.717, 1.165) is 12.8 Å². The van der Waals surface area contributed by atoms with Gasteiger partial charge in [-0.1, -0.05) is 11.6 Å². The molecule has 3 unspecified atom stereocenters. The molecule has 2 aliphatic rings. The van der Waals surface area contributed by atoms with Gasteiger partial charge >= 0.3 is 0 Å². The van der Waals surface area contributed by atoms with Crippen LogP contribution in [0.4, 0.5) is 8.78 Å². The van der Waals surface area contributed by atoms with Crippen LogP contribution in [0.2, 0.25) is 5.02 Å². The Morgan fingerprint density at radius 1 is 1.29 bits per heavy atom. The van der Waals surface area contributed by atoms with Gasteiger partial charge in [0.2, 0.25) is 0 Å². The normalized spacial score (nSPS) is 19.6. The monoisotopic (exact) mass is 567 g/mol. The minimum atomic E-state index is -1.96. The van der Waals surface area contributed by atoms with Crippen molar-refractivity contribution in [3.05, 3.63) is 52.8 Å². The number of carbonyl (C=O) groups is 1. The molecule has 2 heterocycles. The van der Waals surface area contributed by atoms with Crippen molar-refractivity contribution in [1.29, 1.82) is 5.26 Å². The highest BCUT2D eigenvalue weighted by atomic mass is 35.5. The minimum Gasteiger partial charge on any atom is -0.490 e. The smallest absolute Gasteiger partial charge is 0.261 e. The van der Waals surface area contributed by atoms with Gasteiger partial charge in [0, 0.05) is 32.7 Å². The van der Waals surface area contributed by atoms with Crippen LogP contribution in [0, 0.1) is 17.1 Å². The predicted octanol–water partition coefficient (Wildman–Crippen LogP) is 3.93. The molecule has 0 saturated carbocycles. The Bertz CT molecular complexity index is 1180. The summed E-state index contributed by atoms with van der Waals surface area (Å²) in [5, 5.41) is 9.80. The summed E-state index contributed by atoms with van der Waals surface area (Å²) in [5.74, 6) is -0.369. The van der Waals surface area contributed by atoms with Gasteiger partial charge in [0.25, 0.3) is 5.91 Å². The number of nitrogens with zero attached hydrogens (tertiary/aromatic N) is 2. The van der Waals surface area contributed by atoms with Gasteiger partial charge in [-0.25, -0.2) is 13.0 Å². The highest BCUT2D eigenvalue weighted by Crippen LogP contribution is 2.33. The molecule has 3 atom stereocenters. The second kappa shape index (κ2) is 13.3. The van der Waals surface area contributed by atoms with Crippen LogP contribution in [0.15, 0.2) is 41.3 Å². The first-order chi connectivity index (χ1) is 18.3. The van der Waals surface area contributed by atoms with Gasteiger partial charge in [0.05, 0.1) is 15.5 Å². The van der Waals surface area contributed by atoms with E-state index in [1.165, 1.54) is 36.4 Å². The molecular weight excluding hydrogens is 540 g/mol. The number of rotatable bonds is 11. The van der Waals surface area contributed by atoms with Gasteiger partial charge in [-0.3, -0.25) is 14.4 Å². The molecule has 0 aromatic heterocycles. The van der Waals surface area contributed by atoms with Gasteiger partial charge in [0.15, 0.2) is 16.7 Å². The molecule has 8 nitrogen and oxygen atoms in total. The minimum absolute atomic E-state index is 0.0311. The molecule has 2 aromatic carbocycles. The molecule has 0 radical (unpaired) electrons. The number of nitrogens with one attached hydrogen (secondary N) is 1. The van der Waals surface area contributed by atoms with Crippen molar-refractivity contribution in [2.75, 3.05) is 32.8 Å². The number of hydrogen-bond acceptors (Lipinski definition) is 7. The highest BCUT2D eigenvalue weighted by Gasteiger charge is 2.28. The lowest BCUT2D eigenvalue weighted by Gasteiger charge is -2.35. The molecule has 1 amide bonds. The second-order valence-corrected chi connectivity index (χ2v) is 10.8. The Morgan fingerprint density at radius 2 is 2.05 bits per heavy atom. The average Bonchev–Trinajstić information content (AvgIpc) is 2.90. The summed E-state index contributed by atoms with van der Waals surface area (Å²) >= 11 is 6.45. The molecule has 0 bridgehead atoms. The van der Waals surface area contributed by atoms with Gasteiger partial charge in [0.1, 0.15) is 42.6 Å². The molecule has 2 fully saturated rings. The summed E-state index contributed by atoms with van der Waals surface area (Å²) in [4.78, 5) is 14.5. The Hall–Kier alpha value is -2.78. The van der Waals surface area contributed by atoms with Crippen LogP contribution in [0.25, 0.3) is 0 Å². The molecule has 0 spiro atoms. The molecule has 2 aliphatic heterocycles. The Labute approximate surface area is 227 Å². The molecule has 38 heavy (non-hydrogen) atoms. The number of amides is 1. The largest absolute Gasteiger partial charge is 0.490 e. The summed E-state index contributed by atoms with van der Waals surface area (Å²) in [7, 11) is -1.96. The summed E-state index contributed by atoms with van der Waals surface area (Å²) in [6, 6.07) is 10.2. The number of benzene rings is 2. The lowest BCUT2D eigenvalue weighted by Crippen LogP contribution is -2.49. The zero-order chi connectivity index (χ0) is 27.1. The van der Waals surface area contributed by atoms with Crippen molar-refractivity contribution < 1.29 is 32.0 Å². The van der Waals surface area contributed by atoms with E-state index in [1.807, 2.05) is 11.0 Å². The van der Waals surface area contributed by atoms with E-state index in [4.69, 9.17) is 25.8 Å². The summed E-state index contributed by atoms with van der Waals surface area (Å²) in [6.07, 6.45) is 0.623. The number of likely N-dealkylation sites (tertiary alicyclic amines) is 1. The third-order valence-corrected chi connectivity index (χ3v) is 7.56. The first kappa shape index (κ1) is 28.2. The third-order valence-electron chi connectivity index (χ3n) is 6.23. The van der Waals surface area contributed by atoms with E-state index >= 15 is 0 Å². The number of ether oxygens (including phenoxy) is 3. The maximum absolute atomic E-state index is 13.2. The lowest BCUT2D eigenvalue weighted by molar-refractivity contribution is -0.133.